The second kappa shape index (κ2) is 38.0. The van der Waals surface area contributed by atoms with Gasteiger partial charge in [0.05, 0.1) is 17.9 Å². The molecule has 0 aromatic carbocycles. The minimum Gasteiger partial charge on any atom is -0.387 e. The van der Waals surface area contributed by atoms with Gasteiger partial charge in [-0.2, -0.15) is 8.42 Å². The highest BCUT2D eigenvalue weighted by molar-refractivity contribution is 7.85. The first kappa shape index (κ1) is 49.3. The Bertz CT molecular complexity index is 987. The molecule has 0 bridgehead atoms. The van der Waals surface area contributed by atoms with Gasteiger partial charge < -0.3 is 10.4 Å². The average Bonchev–Trinajstić information content (AvgIpc) is 3.09. The zero-order valence-electron chi connectivity index (χ0n) is 33.2. The highest BCUT2D eigenvalue weighted by Crippen LogP contribution is 2.13. The monoisotopic (exact) mass is 736 g/mol. The van der Waals surface area contributed by atoms with Crippen LogP contribution in [0, 0.1) is 0 Å². The van der Waals surface area contributed by atoms with Gasteiger partial charge >= 0.3 is 0 Å². The summed E-state index contributed by atoms with van der Waals surface area (Å²) in [5, 5.41) is 13.2. The van der Waals surface area contributed by atoms with Crippen molar-refractivity contribution in [1.29, 1.82) is 0 Å². The molecule has 7 heteroatoms. The van der Waals surface area contributed by atoms with Gasteiger partial charge in [0.15, 0.2) is 0 Å². The molecule has 3 N–H and O–H groups in total. The molecule has 0 fully saturated rings. The van der Waals surface area contributed by atoms with Crippen LogP contribution in [0.15, 0.2) is 48.6 Å². The fourth-order valence-electron chi connectivity index (χ4n) is 6.24. The molecular formula is C44H81NO5S. The number of carbonyl (C=O) groups excluding carboxylic acids is 1. The topological polar surface area (TPSA) is 104 Å². The number of hydrogen-bond acceptors (Lipinski definition) is 4. The van der Waals surface area contributed by atoms with Crippen LogP contribution >= 0.6 is 0 Å². The summed E-state index contributed by atoms with van der Waals surface area (Å²) < 4.78 is 32.5. The van der Waals surface area contributed by atoms with Crippen LogP contribution in [0.25, 0.3) is 0 Å². The number of aliphatic hydroxyl groups is 1. The van der Waals surface area contributed by atoms with Crippen LogP contribution in [0.1, 0.15) is 206 Å². The van der Waals surface area contributed by atoms with E-state index < -0.39 is 28.0 Å². The molecule has 0 aromatic rings. The van der Waals surface area contributed by atoms with Crippen LogP contribution < -0.4 is 5.32 Å². The molecule has 0 rings (SSSR count). The van der Waals surface area contributed by atoms with Crippen molar-refractivity contribution in [2.45, 2.75) is 219 Å². The summed E-state index contributed by atoms with van der Waals surface area (Å²) in [5.41, 5.74) is 0. The van der Waals surface area contributed by atoms with Crippen LogP contribution in [-0.2, 0) is 14.9 Å². The van der Waals surface area contributed by atoms with Crippen LogP contribution in [0.2, 0.25) is 0 Å². The largest absolute Gasteiger partial charge is 0.387 e. The van der Waals surface area contributed by atoms with Crippen molar-refractivity contribution in [1.82, 2.24) is 5.32 Å². The third-order valence-corrected chi connectivity index (χ3v) is 10.2. The summed E-state index contributed by atoms with van der Waals surface area (Å²) >= 11 is 0. The molecular weight excluding hydrogens is 655 g/mol. The molecule has 0 aromatic heterocycles. The van der Waals surface area contributed by atoms with E-state index in [4.69, 9.17) is 0 Å². The molecule has 0 aliphatic heterocycles. The zero-order valence-corrected chi connectivity index (χ0v) is 34.0. The predicted octanol–water partition coefficient (Wildman–Crippen LogP) is 12.7. The Balaban J connectivity index is 4.00. The lowest BCUT2D eigenvalue weighted by atomic mass is 10.1. The SMILES string of the molecule is CCCCCCCCC/C=C\CCCCCCCC(=O)NC(CS(=O)(=O)O)C(O)/C=C/CC/C=C/CC/C=C/CCCCCCCCCCCC. The molecule has 0 aliphatic carbocycles. The summed E-state index contributed by atoms with van der Waals surface area (Å²) in [7, 11) is -4.36. The van der Waals surface area contributed by atoms with E-state index in [0.717, 1.165) is 51.4 Å². The van der Waals surface area contributed by atoms with Gasteiger partial charge in [0.2, 0.25) is 5.91 Å². The Morgan fingerprint density at radius 1 is 0.510 bits per heavy atom. The molecule has 0 saturated heterocycles. The van der Waals surface area contributed by atoms with E-state index in [2.05, 4.69) is 55.6 Å². The highest BCUT2D eigenvalue weighted by atomic mass is 32.2. The van der Waals surface area contributed by atoms with Gasteiger partial charge in [0.1, 0.15) is 0 Å². The molecule has 0 spiro atoms. The van der Waals surface area contributed by atoms with Gasteiger partial charge in [-0.3, -0.25) is 9.35 Å². The first-order valence-corrected chi connectivity index (χ1v) is 22.9. The molecule has 2 unspecified atom stereocenters. The number of allylic oxidation sites excluding steroid dienone is 7. The maximum atomic E-state index is 12.5. The molecule has 1 amide bonds. The van der Waals surface area contributed by atoms with Crippen molar-refractivity contribution in [3.63, 3.8) is 0 Å². The molecule has 298 valence electrons. The Morgan fingerprint density at radius 3 is 1.24 bits per heavy atom. The third kappa shape index (κ3) is 39.3. The van der Waals surface area contributed by atoms with E-state index in [0.29, 0.717) is 12.8 Å². The van der Waals surface area contributed by atoms with E-state index in [9.17, 15) is 22.9 Å². The maximum absolute atomic E-state index is 12.5. The van der Waals surface area contributed by atoms with Crippen molar-refractivity contribution in [3.05, 3.63) is 48.6 Å². The molecule has 6 nitrogen and oxygen atoms in total. The number of hydrogen-bond donors (Lipinski definition) is 3. The average molecular weight is 736 g/mol. The van der Waals surface area contributed by atoms with Crippen LogP contribution in [0.4, 0.5) is 0 Å². The number of rotatable bonds is 38. The van der Waals surface area contributed by atoms with Crippen molar-refractivity contribution in [2.24, 2.45) is 0 Å². The number of unbranched alkanes of at least 4 members (excludes halogenated alkanes) is 24. The van der Waals surface area contributed by atoms with Crippen LogP contribution in [0.5, 0.6) is 0 Å². The smallest absolute Gasteiger partial charge is 0.267 e. The Hall–Kier alpha value is -1.70. The summed E-state index contributed by atoms with van der Waals surface area (Å²) in [4.78, 5) is 12.5. The summed E-state index contributed by atoms with van der Waals surface area (Å²) in [6, 6.07) is -1.08. The number of carbonyl (C=O) groups is 1. The quantitative estimate of drug-likeness (QED) is 0.0333. The Morgan fingerprint density at radius 2 is 0.843 bits per heavy atom. The van der Waals surface area contributed by atoms with E-state index in [1.807, 2.05) is 0 Å². The predicted molar refractivity (Wildman–Crippen MR) is 221 cm³/mol. The molecule has 0 heterocycles. The van der Waals surface area contributed by atoms with Crippen molar-refractivity contribution < 1.29 is 22.9 Å². The first-order chi connectivity index (χ1) is 24.8. The van der Waals surface area contributed by atoms with Crippen LogP contribution in [-0.4, -0.2) is 41.9 Å². The van der Waals surface area contributed by atoms with Crippen molar-refractivity contribution >= 4 is 16.0 Å². The maximum Gasteiger partial charge on any atom is 0.267 e. The van der Waals surface area contributed by atoms with Gasteiger partial charge in [0.25, 0.3) is 10.1 Å². The van der Waals surface area contributed by atoms with Crippen LogP contribution in [0.3, 0.4) is 0 Å². The number of aliphatic hydroxyl groups excluding tert-OH is 1. The van der Waals surface area contributed by atoms with E-state index in [1.54, 1.807) is 6.08 Å². The Labute approximate surface area is 316 Å². The molecule has 51 heavy (non-hydrogen) atoms. The lowest BCUT2D eigenvalue weighted by Gasteiger charge is -2.21. The van der Waals surface area contributed by atoms with Gasteiger partial charge in [0, 0.05) is 6.42 Å². The standard InChI is InChI=1S/C44H81NO5S/c1-3-5-7-9-11-13-15-17-19-21-22-23-24-25-27-29-31-33-35-37-39-43(46)42(41-51(48,49)50)45-44(47)40-38-36-34-32-30-28-26-20-18-16-14-12-10-8-6-4-2/h20,23-24,26,29,31,37,39,42-43,46H,3-19,21-22,25,27-28,30,32-36,38,40-41H2,1-2H3,(H,45,47)(H,48,49,50)/b24-23+,26-20-,31-29+,39-37+. The van der Waals surface area contributed by atoms with Gasteiger partial charge in [-0.15, -0.1) is 0 Å². The minimum atomic E-state index is -4.36. The summed E-state index contributed by atoms with van der Waals surface area (Å²) in [6.45, 7) is 4.52. The fourth-order valence-corrected chi connectivity index (χ4v) is 6.97. The molecule has 0 radical (unpaired) electrons. The number of amides is 1. The lowest BCUT2D eigenvalue weighted by Crippen LogP contribution is -2.46. The fraction of sp³-hybridized carbons (Fsp3) is 0.795. The lowest BCUT2D eigenvalue weighted by molar-refractivity contribution is -0.122. The van der Waals surface area contributed by atoms with Gasteiger partial charge in [-0.25, -0.2) is 0 Å². The molecule has 0 aliphatic rings. The van der Waals surface area contributed by atoms with E-state index in [1.165, 1.54) is 128 Å². The van der Waals surface area contributed by atoms with E-state index >= 15 is 0 Å². The van der Waals surface area contributed by atoms with Gasteiger partial charge in [-0.1, -0.05) is 178 Å². The third-order valence-electron chi connectivity index (χ3n) is 9.46. The van der Waals surface area contributed by atoms with Crippen molar-refractivity contribution in [3.8, 4) is 0 Å². The second-order valence-corrected chi connectivity index (χ2v) is 16.1. The Kier molecular flexibility index (Phi) is 36.8. The summed E-state index contributed by atoms with van der Waals surface area (Å²) in [5.74, 6) is -1.02. The zero-order chi connectivity index (χ0) is 37.5. The molecule has 2 atom stereocenters. The minimum absolute atomic E-state index is 0.274. The molecule has 0 saturated carbocycles. The number of nitrogens with one attached hydrogen (secondary N) is 1. The highest BCUT2D eigenvalue weighted by Gasteiger charge is 2.24. The summed E-state index contributed by atoms with van der Waals surface area (Å²) in [6.07, 6.45) is 51.0. The van der Waals surface area contributed by atoms with Gasteiger partial charge in [-0.05, 0) is 70.6 Å². The second-order valence-electron chi connectivity index (χ2n) is 14.6. The normalized spacial score (nSPS) is 13.7. The van der Waals surface area contributed by atoms with Crippen molar-refractivity contribution in [2.75, 3.05) is 5.75 Å². The first-order valence-electron chi connectivity index (χ1n) is 21.3. The van der Waals surface area contributed by atoms with E-state index in [-0.39, 0.29) is 12.3 Å².